The predicted molar refractivity (Wildman–Crippen MR) is 245 cm³/mol. The molecule has 3 aliphatic heterocycles. The summed E-state index contributed by atoms with van der Waals surface area (Å²) in [5.74, 6) is 6.42. The maximum absolute atomic E-state index is 14.1. The van der Waals surface area contributed by atoms with Gasteiger partial charge >= 0.3 is 5.69 Å². The van der Waals surface area contributed by atoms with Crippen LogP contribution in [0.25, 0.3) is 22.5 Å². The van der Waals surface area contributed by atoms with E-state index in [2.05, 4.69) is 46.9 Å². The Balaban J connectivity index is 0.732. The molecule has 4 aromatic rings. The van der Waals surface area contributed by atoms with Crippen LogP contribution in [0.15, 0.2) is 68.9 Å². The number of rotatable bonds is 15. The highest BCUT2D eigenvalue weighted by molar-refractivity contribution is 6.07. The van der Waals surface area contributed by atoms with Gasteiger partial charge < -0.3 is 25.8 Å². The van der Waals surface area contributed by atoms with Crippen molar-refractivity contribution in [1.82, 2.24) is 39.5 Å². The smallest absolute Gasteiger partial charge is 0.329 e. The molecule has 352 valence electrons. The highest BCUT2D eigenvalue weighted by Crippen LogP contribution is 2.43. The van der Waals surface area contributed by atoms with Crippen LogP contribution in [-0.4, -0.2) is 98.0 Å². The fourth-order valence-electron chi connectivity index (χ4n) is 10.7. The lowest BCUT2D eigenvalue weighted by Crippen LogP contribution is -2.47. The van der Waals surface area contributed by atoms with Gasteiger partial charge in [0.15, 0.2) is 5.69 Å². The number of imide groups is 1. The first-order valence-electron chi connectivity index (χ1n) is 23.7. The number of anilines is 1. The lowest BCUT2D eigenvalue weighted by Gasteiger charge is -2.47. The predicted octanol–water partition coefficient (Wildman–Crippen LogP) is 5.96. The summed E-state index contributed by atoms with van der Waals surface area (Å²) in [6.45, 7) is 6.79. The minimum atomic E-state index is -2.98. The summed E-state index contributed by atoms with van der Waals surface area (Å²) in [4.78, 5) is 65.1. The lowest BCUT2D eigenvalue weighted by atomic mass is 9.71. The number of pyridine rings is 1. The second-order valence-electron chi connectivity index (χ2n) is 19.3. The molecule has 2 saturated carbocycles. The topological polar surface area (TPSA) is 198 Å². The minimum absolute atomic E-state index is 0.0538. The van der Waals surface area contributed by atoms with E-state index in [1.54, 1.807) is 40.6 Å². The first-order chi connectivity index (χ1) is 32.0. The number of nitrogens with two attached hydrogens (primary N) is 1. The van der Waals surface area contributed by atoms with Crippen molar-refractivity contribution >= 4 is 40.3 Å². The van der Waals surface area contributed by atoms with Gasteiger partial charge in [-0.2, -0.15) is 5.10 Å². The Morgan fingerprint density at radius 2 is 1.70 bits per heavy atom. The number of fused-ring (bicyclic) bond motifs is 1. The Kier molecular flexibility index (Phi) is 13.5. The van der Waals surface area contributed by atoms with Crippen LogP contribution in [0, 0.1) is 23.2 Å². The first kappa shape index (κ1) is 45.4. The number of halogens is 2. The van der Waals surface area contributed by atoms with Gasteiger partial charge in [0, 0.05) is 44.9 Å². The summed E-state index contributed by atoms with van der Waals surface area (Å²) in [6, 6.07) is 8.74. The molecule has 5 aliphatic rings. The molecule has 5 fully saturated rings. The number of alkyl halides is 2. The Labute approximate surface area is 382 Å². The van der Waals surface area contributed by atoms with Crippen molar-refractivity contribution in [2.45, 2.75) is 102 Å². The number of para-hydroxylation sites is 1. The van der Waals surface area contributed by atoms with Gasteiger partial charge in [-0.05, 0) is 150 Å². The number of oxazole rings is 1. The van der Waals surface area contributed by atoms with Crippen LogP contribution in [0.3, 0.4) is 0 Å². The average Bonchev–Trinajstić information content (AvgIpc) is 3.95. The van der Waals surface area contributed by atoms with Crippen molar-refractivity contribution in [3.05, 3.63) is 76.3 Å². The number of carbonyl (C=O) groups excluding carboxylic acids is 3. The van der Waals surface area contributed by atoms with Crippen LogP contribution < -0.4 is 27.5 Å². The van der Waals surface area contributed by atoms with Gasteiger partial charge in [0.1, 0.15) is 23.8 Å². The summed E-state index contributed by atoms with van der Waals surface area (Å²) < 4.78 is 37.0. The molecular formula is C48H61F2N11O5. The number of amides is 3. The molecule has 3 saturated heterocycles. The quantitative estimate of drug-likeness (QED) is 0.0476. The van der Waals surface area contributed by atoms with Crippen molar-refractivity contribution in [2.24, 2.45) is 41.2 Å². The minimum Gasteiger partial charge on any atom is -0.444 e. The van der Waals surface area contributed by atoms with E-state index in [0.29, 0.717) is 41.5 Å². The zero-order valence-electron chi connectivity index (χ0n) is 37.7. The summed E-state index contributed by atoms with van der Waals surface area (Å²) in [7, 11) is 1.76. The highest BCUT2D eigenvalue weighted by atomic mass is 19.3. The number of aromatic nitrogens is 4. The van der Waals surface area contributed by atoms with E-state index in [1.807, 2.05) is 12.1 Å². The van der Waals surface area contributed by atoms with Crippen LogP contribution in [0.2, 0.25) is 0 Å². The average molecular weight is 910 g/mol. The number of benzene rings is 1. The van der Waals surface area contributed by atoms with Crippen molar-refractivity contribution in [3.8, 4) is 11.5 Å². The number of piperidine rings is 3. The zero-order valence-corrected chi connectivity index (χ0v) is 37.7. The highest BCUT2D eigenvalue weighted by Gasteiger charge is 2.39. The van der Waals surface area contributed by atoms with E-state index >= 15 is 0 Å². The van der Waals surface area contributed by atoms with Gasteiger partial charge in [-0.3, -0.25) is 33.7 Å². The number of hydrogen-bond acceptors (Lipinski definition) is 12. The van der Waals surface area contributed by atoms with Crippen LogP contribution in [0.5, 0.6) is 0 Å². The number of allylic oxidation sites excluding steroid dienone is 2. The number of imidazole rings is 1. The molecule has 6 heterocycles. The molecule has 1 atom stereocenters. The second kappa shape index (κ2) is 19.6. The van der Waals surface area contributed by atoms with Gasteiger partial charge in [0.2, 0.25) is 17.7 Å². The third kappa shape index (κ3) is 10.1. The Morgan fingerprint density at radius 3 is 2.39 bits per heavy atom. The van der Waals surface area contributed by atoms with Crippen LogP contribution >= 0.6 is 0 Å². The molecule has 0 radical (unpaired) electrons. The Hall–Kier alpha value is -5.75. The lowest BCUT2D eigenvalue weighted by molar-refractivity contribution is -0.135. The summed E-state index contributed by atoms with van der Waals surface area (Å²) in [5, 5.41) is 11.6. The largest absolute Gasteiger partial charge is 0.444 e. The molecule has 0 bridgehead atoms. The van der Waals surface area contributed by atoms with Crippen molar-refractivity contribution < 1.29 is 27.6 Å². The van der Waals surface area contributed by atoms with Crippen LogP contribution in [0.1, 0.15) is 106 Å². The molecular weight excluding hydrogens is 849 g/mol. The fraction of sp³-hybridized carbons (Fsp3) is 0.562. The fourth-order valence-corrected chi connectivity index (χ4v) is 10.7. The molecule has 2 aliphatic carbocycles. The van der Waals surface area contributed by atoms with E-state index in [0.717, 1.165) is 101 Å². The first-order valence-corrected chi connectivity index (χ1v) is 23.7. The Bertz CT molecular complexity index is 2540. The number of nitrogens with one attached hydrogen (secondary N) is 3. The number of hydrogen-bond donors (Lipinski definition) is 4. The molecule has 66 heavy (non-hydrogen) atoms. The van der Waals surface area contributed by atoms with Gasteiger partial charge in [-0.15, -0.1) is 0 Å². The van der Waals surface area contributed by atoms with Gasteiger partial charge in [0.25, 0.3) is 12.3 Å². The van der Waals surface area contributed by atoms with Crippen LogP contribution in [-0.2, 0) is 23.2 Å². The third-order valence-corrected chi connectivity index (χ3v) is 15.0. The van der Waals surface area contributed by atoms with Crippen molar-refractivity contribution in [3.63, 3.8) is 0 Å². The van der Waals surface area contributed by atoms with Gasteiger partial charge in [-0.25, -0.2) is 23.5 Å². The third-order valence-electron chi connectivity index (χ3n) is 15.0. The molecule has 18 heteroatoms. The summed E-state index contributed by atoms with van der Waals surface area (Å²) in [5.41, 5.74) is 2.51. The Morgan fingerprint density at radius 1 is 0.985 bits per heavy atom. The molecule has 5 N–H and O–H groups in total. The normalized spacial score (nSPS) is 23.4. The monoisotopic (exact) mass is 909 g/mol. The molecule has 16 nitrogen and oxygen atoms in total. The SMILES string of the molecule is Cn1c(=O)n(C2CCC(=O)NC2=O)c2cccc(CN3CCC4(CC3)CCN(CC3CCC(C/C=C(NC(=O)c5coc(-c6ccnc(NCC7CC7)c6)n5)\C(=N/N)C(F)F)CC3)CC4)c21. The number of hydrazone groups is 1. The molecule has 3 amide bonds. The van der Waals surface area contributed by atoms with Crippen LogP contribution in [0.4, 0.5) is 14.6 Å². The van der Waals surface area contributed by atoms with Gasteiger partial charge in [-0.1, -0.05) is 18.2 Å². The van der Waals surface area contributed by atoms with Gasteiger partial charge in [0.05, 0.1) is 16.7 Å². The maximum atomic E-state index is 14.1. The van der Waals surface area contributed by atoms with Crippen molar-refractivity contribution in [1.29, 1.82) is 0 Å². The molecule has 1 unspecified atom stereocenters. The standard InChI is InChI=1S/C48H61F2N11O5/c1-58-42-34(3-2-4-37(42)61(47(58)65)38-13-14-40(62)56-45(38)64)28-60-23-18-48(19-24-60)16-21-59(22-17-48)27-32-9-5-30(6-10-32)11-12-35(41(57-51)43(49)50)54-44(63)36-29-66-46(55-36)33-15-20-52-39(25-33)53-26-31-7-8-31/h2-4,12,15,20,25,29-32,38,43H,5-11,13-14,16-19,21-24,26-28,51H2,1H3,(H,52,53)(H,54,63)(H,56,62,64)/b35-12+,57-41+. The zero-order chi connectivity index (χ0) is 46.0. The second-order valence-corrected chi connectivity index (χ2v) is 19.3. The van der Waals surface area contributed by atoms with E-state index < -0.39 is 30.0 Å². The summed E-state index contributed by atoms with van der Waals surface area (Å²) in [6.07, 6.45) is 13.6. The number of nitrogens with zero attached hydrogens (tertiary/aromatic N) is 7. The summed E-state index contributed by atoms with van der Waals surface area (Å²) >= 11 is 0. The number of carbonyl (C=O) groups is 3. The molecule has 9 rings (SSSR count). The van der Waals surface area contributed by atoms with E-state index in [9.17, 15) is 28.0 Å². The van der Waals surface area contributed by atoms with E-state index in [-0.39, 0.29) is 41.2 Å². The number of aryl methyl sites for hydroxylation is 1. The maximum Gasteiger partial charge on any atom is 0.329 e. The number of likely N-dealkylation sites (tertiary alicyclic amines) is 2. The van der Waals surface area contributed by atoms with E-state index in [4.69, 9.17) is 10.3 Å². The molecule has 3 aromatic heterocycles. The molecule has 1 spiro atoms. The molecule has 1 aromatic carbocycles. The van der Waals surface area contributed by atoms with Crippen molar-refractivity contribution in [2.75, 3.05) is 44.6 Å². The van der Waals surface area contributed by atoms with E-state index in [1.165, 1.54) is 31.9 Å².